The molecular formula is C28H34F2N4O4. The van der Waals surface area contributed by atoms with Gasteiger partial charge in [0.05, 0.1) is 12.6 Å². The summed E-state index contributed by atoms with van der Waals surface area (Å²) in [5.41, 5.74) is 3.18. The van der Waals surface area contributed by atoms with E-state index >= 15 is 0 Å². The number of nitrogens with one attached hydrogen (secondary N) is 2. The fraction of sp³-hybridized carbons (Fsp3) is 0.464. The number of likely N-dealkylation sites (tertiary alicyclic amines) is 1. The molecule has 2 N–H and O–H groups in total. The van der Waals surface area contributed by atoms with Crippen LogP contribution in [0.1, 0.15) is 37.3 Å². The van der Waals surface area contributed by atoms with Crippen molar-refractivity contribution in [1.29, 1.82) is 0 Å². The summed E-state index contributed by atoms with van der Waals surface area (Å²) in [5.74, 6) is -0.776. The number of imide groups is 1. The molecule has 0 spiro atoms. The van der Waals surface area contributed by atoms with E-state index in [2.05, 4.69) is 10.6 Å². The molecule has 3 amide bonds. The Hall–Kier alpha value is -3.37. The Kier molecular flexibility index (Phi) is 9.06. The standard InChI is InChI=1S/C28H34F2N4O4/c1-18(2)23-8-7-21(13-24(23)30)20-5-3-19(4-6-20)15-32-27(36)25-14-22(29)17-33(25)11-12-38-28(37)34-10-9-31-16-26(34)35/h3-8,13,18,22,25,31H,9-12,14-17H2,1-2H3,(H,32,36). The third-order valence-corrected chi connectivity index (χ3v) is 6.95. The lowest BCUT2D eigenvalue weighted by Crippen LogP contribution is -2.51. The molecule has 2 atom stereocenters. The van der Waals surface area contributed by atoms with E-state index in [9.17, 15) is 23.2 Å². The van der Waals surface area contributed by atoms with Gasteiger partial charge in [-0.2, -0.15) is 0 Å². The predicted octanol–water partition coefficient (Wildman–Crippen LogP) is 3.21. The van der Waals surface area contributed by atoms with E-state index in [0.717, 1.165) is 21.6 Å². The van der Waals surface area contributed by atoms with Crippen molar-refractivity contribution in [2.75, 3.05) is 39.3 Å². The van der Waals surface area contributed by atoms with Gasteiger partial charge in [-0.15, -0.1) is 0 Å². The van der Waals surface area contributed by atoms with E-state index < -0.39 is 18.3 Å². The number of piperazine rings is 1. The molecule has 2 fully saturated rings. The summed E-state index contributed by atoms with van der Waals surface area (Å²) in [5, 5.41) is 5.74. The molecule has 0 saturated carbocycles. The molecule has 0 aromatic heterocycles. The first-order valence-electron chi connectivity index (χ1n) is 13.0. The van der Waals surface area contributed by atoms with Crippen LogP contribution in [0.3, 0.4) is 0 Å². The molecule has 2 saturated heterocycles. The quantitative estimate of drug-likeness (QED) is 0.547. The molecule has 0 bridgehead atoms. The van der Waals surface area contributed by atoms with Gasteiger partial charge in [0.1, 0.15) is 18.6 Å². The molecule has 2 aliphatic heterocycles. The third kappa shape index (κ3) is 6.73. The SMILES string of the molecule is CC(C)c1ccc(-c2ccc(CNC(=O)C3CC(F)CN3CCOC(=O)N3CCNCC3=O)cc2)cc1F. The third-order valence-electron chi connectivity index (χ3n) is 6.95. The normalized spacial score (nSPS) is 20.1. The molecule has 8 nitrogen and oxygen atoms in total. The minimum atomic E-state index is -1.15. The van der Waals surface area contributed by atoms with Crippen molar-refractivity contribution >= 4 is 17.9 Å². The van der Waals surface area contributed by atoms with Gasteiger partial charge in [-0.3, -0.25) is 14.5 Å². The lowest BCUT2D eigenvalue weighted by Gasteiger charge is -2.26. The summed E-state index contributed by atoms with van der Waals surface area (Å²) >= 11 is 0. The van der Waals surface area contributed by atoms with Gasteiger partial charge < -0.3 is 15.4 Å². The number of carbonyl (C=O) groups is 3. The van der Waals surface area contributed by atoms with Crippen molar-refractivity contribution in [3.05, 3.63) is 59.4 Å². The molecule has 204 valence electrons. The van der Waals surface area contributed by atoms with E-state index in [1.807, 2.05) is 44.2 Å². The number of benzene rings is 2. The van der Waals surface area contributed by atoms with E-state index in [4.69, 9.17) is 4.74 Å². The Labute approximate surface area is 221 Å². The number of alkyl halides is 1. The monoisotopic (exact) mass is 528 g/mol. The zero-order chi connectivity index (χ0) is 27.2. The average Bonchev–Trinajstić information content (AvgIpc) is 3.27. The number of ether oxygens (including phenoxy) is 1. The molecule has 2 aliphatic rings. The van der Waals surface area contributed by atoms with Crippen LogP contribution in [0.5, 0.6) is 0 Å². The minimum Gasteiger partial charge on any atom is -0.448 e. The highest BCUT2D eigenvalue weighted by Gasteiger charge is 2.37. The van der Waals surface area contributed by atoms with Crippen LogP contribution in [-0.4, -0.2) is 79.3 Å². The van der Waals surface area contributed by atoms with Gasteiger partial charge in [0.15, 0.2) is 0 Å². The second-order valence-corrected chi connectivity index (χ2v) is 9.99. The van der Waals surface area contributed by atoms with E-state index in [1.165, 1.54) is 6.07 Å². The van der Waals surface area contributed by atoms with Crippen LogP contribution in [0.2, 0.25) is 0 Å². The lowest BCUT2D eigenvalue weighted by molar-refractivity contribution is -0.130. The van der Waals surface area contributed by atoms with Crippen LogP contribution in [0, 0.1) is 5.82 Å². The molecule has 0 aliphatic carbocycles. The van der Waals surface area contributed by atoms with Crippen molar-refractivity contribution in [3.8, 4) is 11.1 Å². The van der Waals surface area contributed by atoms with Crippen molar-refractivity contribution in [3.63, 3.8) is 0 Å². The maximum absolute atomic E-state index is 14.4. The molecule has 2 heterocycles. The van der Waals surface area contributed by atoms with Crippen LogP contribution in [-0.2, 0) is 20.9 Å². The number of halogens is 2. The lowest BCUT2D eigenvalue weighted by atomic mass is 9.97. The molecule has 2 aromatic rings. The van der Waals surface area contributed by atoms with Gasteiger partial charge in [0, 0.05) is 39.1 Å². The van der Waals surface area contributed by atoms with Crippen molar-refractivity contribution in [2.24, 2.45) is 0 Å². The second kappa shape index (κ2) is 12.4. The van der Waals surface area contributed by atoms with E-state index in [1.54, 1.807) is 11.0 Å². The number of amides is 3. The largest absolute Gasteiger partial charge is 0.448 e. The fourth-order valence-electron chi connectivity index (χ4n) is 4.79. The highest BCUT2D eigenvalue weighted by atomic mass is 19.1. The number of nitrogens with zero attached hydrogens (tertiary/aromatic N) is 2. The maximum Gasteiger partial charge on any atom is 0.416 e. The Morgan fingerprint density at radius 1 is 1.16 bits per heavy atom. The minimum absolute atomic E-state index is 0.0489. The van der Waals surface area contributed by atoms with Crippen molar-refractivity contribution < 1.29 is 27.9 Å². The summed E-state index contributed by atoms with van der Waals surface area (Å²) < 4.78 is 33.7. The van der Waals surface area contributed by atoms with E-state index in [-0.39, 0.29) is 69.3 Å². The smallest absolute Gasteiger partial charge is 0.416 e. The van der Waals surface area contributed by atoms with Crippen LogP contribution in [0.15, 0.2) is 42.5 Å². The zero-order valence-electron chi connectivity index (χ0n) is 21.7. The molecule has 2 aromatic carbocycles. The first-order chi connectivity index (χ1) is 18.2. The fourth-order valence-corrected chi connectivity index (χ4v) is 4.79. The van der Waals surface area contributed by atoms with Gasteiger partial charge in [-0.25, -0.2) is 18.5 Å². The second-order valence-electron chi connectivity index (χ2n) is 9.99. The first-order valence-corrected chi connectivity index (χ1v) is 13.0. The topological polar surface area (TPSA) is 91.0 Å². The number of carbonyl (C=O) groups excluding carboxylic acids is 3. The van der Waals surface area contributed by atoms with Crippen LogP contribution in [0.25, 0.3) is 11.1 Å². The molecule has 38 heavy (non-hydrogen) atoms. The van der Waals surface area contributed by atoms with Crippen LogP contribution < -0.4 is 10.6 Å². The summed E-state index contributed by atoms with van der Waals surface area (Å²) in [6.45, 7) is 5.20. The summed E-state index contributed by atoms with van der Waals surface area (Å²) in [7, 11) is 0. The van der Waals surface area contributed by atoms with Crippen molar-refractivity contribution in [2.45, 2.75) is 44.9 Å². The number of rotatable bonds is 8. The summed E-state index contributed by atoms with van der Waals surface area (Å²) in [4.78, 5) is 39.5. The van der Waals surface area contributed by atoms with Crippen LogP contribution >= 0.6 is 0 Å². The first kappa shape index (κ1) is 27.7. The summed E-state index contributed by atoms with van der Waals surface area (Å²) in [6, 6.07) is 12.1. The Morgan fingerprint density at radius 3 is 2.58 bits per heavy atom. The predicted molar refractivity (Wildman–Crippen MR) is 139 cm³/mol. The highest BCUT2D eigenvalue weighted by molar-refractivity contribution is 5.93. The van der Waals surface area contributed by atoms with Gasteiger partial charge in [-0.05, 0) is 34.2 Å². The molecule has 10 heteroatoms. The van der Waals surface area contributed by atoms with Gasteiger partial charge in [0.25, 0.3) is 0 Å². The molecular weight excluding hydrogens is 494 g/mol. The Balaban J connectivity index is 1.27. The molecule has 2 unspecified atom stereocenters. The Bertz CT molecular complexity index is 1160. The zero-order valence-corrected chi connectivity index (χ0v) is 21.7. The average molecular weight is 529 g/mol. The number of hydrogen-bond acceptors (Lipinski definition) is 6. The van der Waals surface area contributed by atoms with E-state index in [0.29, 0.717) is 12.1 Å². The van der Waals surface area contributed by atoms with Gasteiger partial charge in [-0.1, -0.05) is 50.2 Å². The molecule has 4 rings (SSSR count). The highest BCUT2D eigenvalue weighted by Crippen LogP contribution is 2.26. The molecule has 0 radical (unpaired) electrons. The van der Waals surface area contributed by atoms with Crippen molar-refractivity contribution in [1.82, 2.24) is 20.4 Å². The van der Waals surface area contributed by atoms with Gasteiger partial charge in [0.2, 0.25) is 11.8 Å². The van der Waals surface area contributed by atoms with Crippen LogP contribution in [0.4, 0.5) is 13.6 Å². The summed E-state index contributed by atoms with van der Waals surface area (Å²) in [6.07, 6.45) is -1.82. The maximum atomic E-state index is 14.4. The van der Waals surface area contributed by atoms with Gasteiger partial charge >= 0.3 is 6.09 Å². The number of hydrogen-bond donors (Lipinski definition) is 2. The Morgan fingerprint density at radius 2 is 1.89 bits per heavy atom.